The van der Waals surface area contributed by atoms with E-state index in [9.17, 15) is 4.79 Å². The molecule has 0 fully saturated rings. The average molecular weight is 465 g/mol. The molecule has 0 heterocycles. The Morgan fingerprint density at radius 3 is 1.73 bits per heavy atom. The minimum atomic E-state index is -0.538. The summed E-state index contributed by atoms with van der Waals surface area (Å²) in [6.07, 6.45) is 33.2. The summed E-state index contributed by atoms with van der Waals surface area (Å²) < 4.78 is 10.4. The van der Waals surface area contributed by atoms with Gasteiger partial charge in [-0.2, -0.15) is 0 Å². The van der Waals surface area contributed by atoms with E-state index < -0.39 is 6.10 Å². The summed E-state index contributed by atoms with van der Waals surface area (Å²) in [4.78, 5) is 10.9. The average Bonchev–Trinajstić information content (AvgIpc) is 2.80. The fourth-order valence-corrected chi connectivity index (χ4v) is 3.57. The molecule has 0 aromatic rings. The summed E-state index contributed by atoms with van der Waals surface area (Å²) in [7, 11) is 0. The van der Waals surface area contributed by atoms with E-state index in [0.717, 1.165) is 25.7 Å². The van der Waals surface area contributed by atoms with Gasteiger partial charge in [-0.3, -0.25) is 4.79 Å². The van der Waals surface area contributed by atoms with E-state index in [1.807, 2.05) is 0 Å². The van der Waals surface area contributed by atoms with Gasteiger partial charge in [0.25, 0.3) is 0 Å². The zero-order chi connectivity index (χ0) is 24.2. The van der Waals surface area contributed by atoms with Crippen molar-refractivity contribution in [2.75, 3.05) is 19.8 Å². The molecule has 0 radical (unpaired) electrons. The molecule has 0 saturated heterocycles. The van der Waals surface area contributed by atoms with Crippen LogP contribution in [0.4, 0.5) is 0 Å². The Balaban J connectivity index is 3.32. The van der Waals surface area contributed by atoms with Gasteiger partial charge in [0.05, 0.1) is 13.2 Å². The van der Waals surface area contributed by atoms with Gasteiger partial charge in [0.15, 0.2) is 0 Å². The number of carbonyl (C=O) groups is 1. The number of hydrogen-bond donors (Lipinski definition) is 1. The van der Waals surface area contributed by atoms with Gasteiger partial charge in [-0.25, -0.2) is 0 Å². The van der Waals surface area contributed by atoms with Crippen LogP contribution in [0, 0.1) is 0 Å². The predicted molar refractivity (Wildman–Crippen MR) is 140 cm³/mol. The van der Waals surface area contributed by atoms with Gasteiger partial charge in [-0.15, -0.1) is 0 Å². The molecule has 33 heavy (non-hydrogen) atoms. The number of carbonyl (C=O) groups excluding carboxylic acids is 1. The standard InChI is InChI=1S/C29H52O4/c1-3-4-5-6-7-8-9-10-11-12-13-14-15-16-17-18-19-20-21-22-23-24-25-32-27-29(26-30)33-28(2)31/h9-10,12-13,15-16,29-30H,3-8,11,14,17-27H2,1-2H3/b10-9-,13-12-,16-15-. The number of aliphatic hydroxyl groups is 1. The molecule has 0 saturated carbocycles. The minimum Gasteiger partial charge on any atom is -0.458 e. The van der Waals surface area contributed by atoms with Gasteiger partial charge in [0.1, 0.15) is 6.10 Å². The summed E-state index contributed by atoms with van der Waals surface area (Å²) in [6, 6.07) is 0. The fraction of sp³-hybridized carbons (Fsp3) is 0.759. The Labute approximate surface area is 204 Å². The lowest BCUT2D eigenvalue weighted by Gasteiger charge is -2.14. The lowest BCUT2D eigenvalue weighted by molar-refractivity contribution is -0.152. The second-order valence-corrected chi connectivity index (χ2v) is 8.84. The van der Waals surface area contributed by atoms with Crippen LogP contribution in [0.25, 0.3) is 0 Å². The van der Waals surface area contributed by atoms with Crippen LogP contribution in [0.2, 0.25) is 0 Å². The van der Waals surface area contributed by atoms with Crippen LogP contribution in [0.3, 0.4) is 0 Å². The van der Waals surface area contributed by atoms with Gasteiger partial charge in [-0.1, -0.05) is 101 Å². The van der Waals surface area contributed by atoms with Crippen molar-refractivity contribution >= 4 is 5.97 Å². The molecular formula is C29H52O4. The maximum atomic E-state index is 10.9. The van der Waals surface area contributed by atoms with E-state index in [1.165, 1.54) is 84.0 Å². The molecule has 0 aliphatic carbocycles. The highest BCUT2D eigenvalue weighted by molar-refractivity contribution is 5.66. The topological polar surface area (TPSA) is 55.8 Å². The number of hydrogen-bond acceptors (Lipinski definition) is 4. The Kier molecular flexibility index (Phi) is 25.7. The molecule has 0 aliphatic heterocycles. The molecule has 0 aliphatic rings. The maximum absolute atomic E-state index is 10.9. The van der Waals surface area contributed by atoms with E-state index in [-0.39, 0.29) is 19.2 Å². The molecule has 4 heteroatoms. The highest BCUT2D eigenvalue weighted by atomic mass is 16.6. The van der Waals surface area contributed by atoms with Crippen LogP contribution in [0.1, 0.15) is 117 Å². The summed E-state index contributed by atoms with van der Waals surface area (Å²) >= 11 is 0. The van der Waals surface area contributed by atoms with Crippen molar-refractivity contribution in [1.82, 2.24) is 0 Å². The van der Waals surface area contributed by atoms with Crippen LogP contribution in [0.5, 0.6) is 0 Å². The SMILES string of the molecule is CCCCCCC/C=C\C/C=C\C/C=C\CCCCCCCCCOCC(CO)OC(C)=O. The second-order valence-electron chi connectivity index (χ2n) is 8.84. The van der Waals surface area contributed by atoms with E-state index in [1.54, 1.807) is 0 Å². The Morgan fingerprint density at radius 1 is 0.727 bits per heavy atom. The second kappa shape index (κ2) is 26.9. The first-order chi connectivity index (χ1) is 16.2. The fourth-order valence-electron chi connectivity index (χ4n) is 3.57. The molecule has 0 aromatic heterocycles. The molecule has 4 nitrogen and oxygen atoms in total. The first-order valence-electron chi connectivity index (χ1n) is 13.5. The Bertz CT molecular complexity index is 496. The molecule has 1 unspecified atom stereocenters. The van der Waals surface area contributed by atoms with Crippen LogP contribution in [-0.4, -0.2) is 37.0 Å². The largest absolute Gasteiger partial charge is 0.458 e. The predicted octanol–water partition coefficient (Wildman–Crippen LogP) is 7.86. The smallest absolute Gasteiger partial charge is 0.303 e. The summed E-state index contributed by atoms with van der Waals surface area (Å²) in [5.74, 6) is -0.382. The molecule has 1 N–H and O–H groups in total. The lowest BCUT2D eigenvalue weighted by atomic mass is 10.1. The number of unbranched alkanes of at least 4 members (excludes halogenated alkanes) is 12. The third-order valence-corrected chi connectivity index (χ3v) is 5.52. The number of ether oxygens (including phenoxy) is 2. The molecule has 1 atom stereocenters. The van der Waals surface area contributed by atoms with Crippen molar-refractivity contribution in [3.05, 3.63) is 36.5 Å². The van der Waals surface area contributed by atoms with Crippen molar-refractivity contribution in [3.63, 3.8) is 0 Å². The van der Waals surface area contributed by atoms with Gasteiger partial charge >= 0.3 is 5.97 Å². The number of allylic oxidation sites excluding steroid dienone is 6. The summed E-state index contributed by atoms with van der Waals surface area (Å²) in [5.41, 5.74) is 0. The van der Waals surface area contributed by atoms with Gasteiger partial charge in [0, 0.05) is 13.5 Å². The molecule has 192 valence electrons. The highest BCUT2D eigenvalue weighted by Crippen LogP contribution is 2.10. The summed E-state index contributed by atoms with van der Waals surface area (Å²) in [6.45, 7) is 4.35. The van der Waals surface area contributed by atoms with Crippen molar-refractivity contribution in [3.8, 4) is 0 Å². The van der Waals surface area contributed by atoms with Crippen LogP contribution < -0.4 is 0 Å². The maximum Gasteiger partial charge on any atom is 0.303 e. The van der Waals surface area contributed by atoms with E-state index >= 15 is 0 Å². The van der Waals surface area contributed by atoms with E-state index in [2.05, 4.69) is 43.4 Å². The molecular weight excluding hydrogens is 412 g/mol. The van der Waals surface area contributed by atoms with Crippen LogP contribution in [-0.2, 0) is 14.3 Å². The number of esters is 1. The van der Waals surface area contributed by atoms with Crippen LogP contribution >= 0.6 is 0 Å². The van der Waals surface area contributed by atoms with Crippen LogP contribution in [0.15, 0.2) is 36.5 Å². The first-order valence-corrected chi connectivity index (χ1v) is 13.5. The van der Waals surface area contributed by atoms with E-state index in [4.69, 9.17) is 14.6 Å². The van der Waals surface area contributed by atoms with E-state index in [0.29, 0.717) is 6.61 Å². The number of rotatable bonds is 24. The zero-order valence-electron chi connectivity index (χ0n) is 21.6. The zero-order valence-corrected chi connectivity index (χ0v) is 21.6. The van der Waals surface area contributed by atoms with Gasteiger partial charge in [-0.05, 0) is 44.9 Å². The van der Waals surface area contributed by atoms with Crippen molar-refractivity contribution in [2.45, 2.75) is 123 Å². The first kappa shape index (κ1) is 31.6. The quantitative estimate of drug-likeness (QED) is 0.0897. The summed E-state index contributed by atoms with van der Waals surface area (Å²) in [5, 5.41) is 9.09. The third kappa shape index (κ3) is 26.7. The molecule has 0 amide bonds. The van der Waals surface area contributed by atoms with Crippen molar-refractivity contribution < 1.29 is 19.4 Å². The van der Waals surface area contributed by atoms with Gasteiger partial charge < -0.3 is 14.6 Å². The number of aliphatic hydroxyl groups excluding tert-OH is 1. The molecule has 0 bridgehead atoms. The third-order valence-electron chi connectivity index (χ3n) is 5.52. The molecule has 0 spiro atoms. The highest BCUT2D eigenvalue weighted by Gasteiger charge is 2.10. The monoisotopic (exact) mass is 464 g/mol. The van der Waals surface area contributed by atoms with Crippen molar-refractivity contribution in [2.24, 2.45) is 0 Å². The van der Waals surface area contributed by atoms with Gasteiger partial charge in [0.2, 0.25) is 0 Å². The lowest BCUT2D eigenvalue weighted by Crippen LogP contribution is -2.26. The molecule has 0 rings (SSSR count). The van der Waals surface area contributed by atoms with Crippen molar-refractivity contribution in [1.29, 1.82) is 0 Å². The molecule has 0 aromatic carbocycles. The minimum absolute atomic E-state index is 0.192. The Morgan fingerprint density at radius 2 is 1.21 bits per heavy atom. The normalized spacial score (nSPS) is 12.9. The Hall–Kier alpha value is -1.39.